The van der Waals surface area contributed by atoms with Gasteiger partial charge in [-0.2, -0.15) is 0 Å². The van der Waals surface area contributed by atoms with Gasteiger partial charge in [0.05, 0.1) is 26.4 Å². The van der Waals surface area contributed by atoms with Gasteiger partial charge in [-0.3, -0.25) is 0 Å². The molecular weight excluding hydrogens is 621 g/mol. The second-order valence-corrected chi connectivity index (χ2v) is 19.1. The minimum Gasteiger partial charge on any atom is -0.394 e. The van der Waals surface area contributed by atoms with Crippen LogP contribution in [0, 0.1) is 6.92 Å². The molecule has 1 N–H and O–H groups in total. The van der Waals surface area contributed by atoms with E-state index in [2.05, 4.69) is 76.2 Å². The lowest BCUT2D eigenvalue weighted by atomic mass is 9.80. The fraction of sp³-hybridized carbons (Fsp3) is 0.400. The molecular formula is C40H50O5SSi. The summed E-state index contributed by atoms with van der Waals surface area (Å²) in [6.45, 7) is 9.59. The van der Waals surface area contributed by atoms with Gasteiger partial charge in [-0.1, -0.05) is 160 Å². The SMILES string of the molecule is CC[Si](CC)(CC)[C@@]1(S)O[C@H](CO)[C@@H](OCc2ccccc2)[C@H](OCc2ccccc2)[C@@]1(OCc1ccc(C)cc1)c1ccccc1. The third-order valence-electron chi connectivity index (χ3n) is 10.2. The molecule has 0 radical (unpaired) electrons. The van der Waals surface area contributed by atoms with Gasteiger partial charge in [0.1, 0.15) is 30.9 Å². The van der Waals surface area contributed by atoms with Crippen molar-refractivity contribution in [3.05, 3.63) is 143 Å². The number of ether oxygens (including phenoxy) is 4. The summed E-state index contributed by atoms with van der Waals surface area (Å²) >= 11 is 5.73. The van der Waals surface area contributed by atoms with E-state index in [1.807, 2.05) is 66.7 Å². The highest BCUT2D eigenvalue weighted by atomic mass is 32.1. The van der Waals surface area contributed by atoms with Crippen LogP contribution in [0.5, 0.6) is 0 Å². The molecule has 7 heteroatoms. The quantitative estimate of drug-likeness (QED) is 0.0980. The Kier molecular flexibility index (Phi) is 12.2. The fourth-order valence-corrected chi connectivity index (χ4v) is 13.6. The molecule has 0 amide bonds. The van der Waals surface area contributed by atoms with Gasteiger partial charge in [-0.25, -0.2) is 0 Å². The van der Waals surface area contributed by atoms with Crippen LogP contribution in [0.3, 0.4) is 0 Å². The topological polar surface area (TPSA) is 57.2 Å². The molecule has 5 nitrogen and oxygen atoms in total. The van der Waals surface area contributed by atoms with Gasteiger partial charge < -0.3 is 24.1 Å². The number of aryl methyl sites for hydroxylation is 1. The number of hydrogen-bond acceptors (Lipinski definition) is 6. The molecule has 1 saturated heterocycles. The van der Waals surface area contributed by atoms with E-state index in [0.29, 0.717) is 19.8 Å². The first-order valence-electron chi connectivity index (χ1n) is 16.9. The van der Waals surface area contributed by atoms with E-state index in [-0.39, 0.29) is 6.61 Å². The van der Waals surface area contributed by atoms with Crippen LogP contribution in [-0.2, 0) is 44.4 Å². The standard InChI is InChI=1S/C40H50O5SSi/c1-5-47(6-2,7-3)40(46)39(35-21-15-10-16-22-35,44-30-34-25-23-31(4)24-26-34)38(43-29-33-19-13-9-14-20-33)37(36(27-41)45-40)42-28-32-17-11-8-12-18-32/h8-26,36-38,41,46H,5-7,27-30H2,1-4H3/t36-,37-,38+,39+,40-/m1/s1. The molecule has 4 aromatic rings. The average Bonchev–Trinajstić information content (AvgIpc) is 3.12. The van der Waals surface area contributed by atoms with Crippen LogP contribution < -0.4 is 0 Å². The maximum atomic E-state index is 11.0. The van der Waals surface area contributed by atoms with Crippen molar-refractivity contribution in [1.29, 1.82) is 0 Å². The summed E-state index contributed by atoms with van der Waals surface area (Å²) in [4.78, 5) is 0. The van der Waals surface area contributed by atoms with Crippen LogP contribution in [-0.4, -0.2) is 42.7 Å². The van der Waals surface area contributed by atoms with Gasteiger partial charge in [-0.15, -0.1) is 12.6 Å². The Bertz CT molecular complexity index is 1490. The Morgan fingerprint density at radius 1 is 0.681 bits per heavy atom. The molecule has 0 aromatic heterocycles. The van der Waals surface area contributed by atoms with Crippen molar-refractivity contribution in [1.82, 2.24) is 0 Å². The number of aliphatic hydroxyl groups excluding tert-OH is 1. The smallest absolute Gasteiger partial charge is 0.157 e. The lowest BCUT2D eigenvalue weighted by molar-refractivity contribution is -0.313. The molecule has 5 atom stereocenters. The van der Waals surface area contributed by atoms with Gasteiger partial charge in [0.15, 0.2) is 5.60 Å². The van der Waals surface area contributed by atoms with Crippen LogP contribution in [0.4, 0.5) is 0 Å². The largest absolute Gasteiger partial charge is 0.394 e. The van der Waals surface area contributed by atoms with Crippen molar-refractivity contribution < 1.29 is 24.1 Å². The molecule has 0 saturated carbocycles. The van der Waals surface area contributed by atoms with Crippen LogP contribution in [0.15, 0.2) is 115 Å². The Morgan fingerprint density at radius 2 is 1.17 bits per heavy atom. The number of aliphatic hydroxyl groups is 1. The van der Waals surface area contributed by atoms with Crippen LogP contribution in [0.2, 0.25) is 18.1 Å². The lowest BCUT2D eigenvalue weighted by Gasteiger charge is -2.63. The predicted octanol–water partition coefficient (Wildman–Crippen LogP) is 8.64. The second-order valence-electron chi connectivity index (χ2n) is 12.7. The van der Waals surface area contributed by atoms with Gasteiger partial charge >= 0.3 is 0 Å². The average molecular weight is 671 g/mol. The summed E-state index contributed by atoms with van der Waals surface area (Å²) in [5, 5.41) is 11.0. The molecule has 1 heterocycles. The van der Waals surface area contributed by atoms with E-state index in [1.165, 1.54) is 5.56 Å². The third kappa shape index (κ3) is 7.18. The molecule has 1 aliphatic heterocycles. The van der Waals surface area contributed by atoms with Gasteiger partial charge in [0.2, 0.25) is 0 Å². The molecule has 0 unspecified atom stereocenters. The molecule has 4 aromatic carbocycles. The molecule has 250 valence electrons. The van der Waals surface area contributed by atoms with Crippen molar-refractivity contribution >= 4 is 20.7 Å². The molecule has 1 aliphatic rings. The molecule has 0 bridgehead atoms. The zero-order chi connectivity index (χ0) is 33.3. The summed E-state index contributed by atoms with van der Waals surface area (Å²) in [5.74, 6) is 0. The number of rotatable bonds is 15. The zero-order valence-corrected chi connectivity index (χ0v) is 30.1. The van der Waals surface area contributed by atoms with Crippen molar-refractivity contribution in [3.8, 4) is 0 Å². The number of benzene rings is 4. The van der Waals surface area contributed by atoms with E-state index in [0.717, 1.165) is 40.4 Å². The Balaban J connectivity index is 1.74. The zero-order valence-electron chi connectivity index (χ0n) is 28.2. The van der Waals surface area contributed by atoms with Crippen LogP contribution in [0.25, 0.3) is 0 Å². The first-order chi connectivity index (χ1) is 22.9. The molecule has 47 heavy (non-hydrogen) atoms. The summed E-state index contributed by atoms with van der Waals surface area (Å²) in [7, 11) is -2.46. The minimum atomic E-state index is -2.46. The predicted molar refractivity (Wildman–Crippen MR) is 195 cm³/mol. The highest BCUT2D eigenvalue weighted by molar-refractivity contribution is 7.84. The molecule has 0 spiro atoms. The van der Waals surface area contributed by atoms with Crippen LogP contribution in [0.1, 0.15) is 48.6 Å². The van der Waals surface area contributed by atoms with E-state index in [1.54, 1.807) is 0 Å². The highest BCUT2D eigenvalue weighted by Gasteiger charge is 2.72. The molecule has 0 aliphatic carbocycles. The van der Waals surface area contributed by atoms with Crippen molar-refractivity contribution in [2.45, 2.75) is 94.1 Å². The maximum absolute atomic E-state index is 11.0. The van der Waals surface area contributed by atoms with Gasteiger partial charge in [0, 0.05) is 0 Å². The third-order valence-corrected chi connectivity index (χ3v) is 18.0. The van der Waals surface area contributed by atoms with Crippen molar-refractivity contribution in [2.75, 3.05) is 6.61 Å². The van der Waals surface area contributed by atoms with Crippen molar-refractivity contribution in [2.24, 2.45) is 0 Å². The van der Waals surface area contributed by atoms with E-state index < -0.39 is 36.5 Å². The first-order valence-corrected chi connectivity index (χ1v) is 20.0. The van der Waals surface area contributed by atoms with Gasteiger partial charge in [-0.05, 0) is 29.2 Å². The summed E-state index contributed by atoms with van der Waals surface area (Å²) in [6, 6.07) is 41.8. The van der Waals surface area contributed by atoms with E-state index >= 15 is 0 Å². The van der Waals surface area contributed by atoms with Crippen molar-refractivity contribution in [3.63, 3.8) is 0 Å². The van der Waals surface area contributed by atoms with Crippen LogP contribution >= 0.6 is 12.6 Å². The second kappa shape index (κ2) is 16.1. The van der Waals surface area contributed by atoms with E-state index in [4.69, 9.17) is 31.6 Å². The summed E-state index contributed by atoms with van der Waals surface area (Å²) < 4.78 is 27.6. The Labute approximate surface area is 287 Å². The molecule has 1 fully saturated rings. The van der Waals surface area contributed by atoms with E-state index in [9.17, 15) is 5.11 Å². The first kappa shape index (κ1) is 35.6. The minimum absolute atomic E-state index is 0.239. The lowest BCUT2D eigenvalue weighted by Crippen LogP contribution is -2.78. The number of thiol groups is 1. The number of hydrogen-bond donors (Lipinski definition) is 2. The highest BCUT2D eigenvalue weighted by Crippen LogP contribution is 2.58. The molecule has 5 rings (SSSR count). The maximum Gasteiger partial charge on any atom is 0.157 e. The Morgan fingerprint density at radius 3 is 1.68 bits per heavy atom. The Hall–Kier alpha value is -2.75. The summed E-state index contributed by atoms with van der Waals surface area (Å²) in [6.07, 6.45) is -2.03. The fourth-order valence-electron chi connectivity index (χ4n) is 7.25. The monoisotopic (exact) mass is 670 g/mol. The van der Waals surface area contributed by atoms with Gasteiger partial charge in [0.25, 0.3) is 0 Å². The summed E-state index contributed by atoms with van der Waals surface area (Å²) in [5.41, 5.74) is 4.03. The normalized spacial score (nSPS) is 24.7.